The Balaban J connectivity index is 0.00000312. The molecular formula is C17H32IN7. The van der Waals surface area contributed by atoms with E-state index in [0.29, 0.717) is 6.04 Å². The molecule has 142 valence electrons. The van der Waals surface area contributed by atoms with Crippen molar-refractivity contribution in [1.29, 1.82) is 0 Å². The molecule has 1 aromatic heterocycles. The number of aliphatic imine (C=N–C) groups is 1. The summed E-state index contributed by atoms with van der Waals surface area (Å²) in [6, 6.07) is 2.26. The second kappa shape index (κ2) is 12.2. The van der Waals surface area contributed by atoms with Crippen LogP contribution in [-0.2, 0) is 0 Å². The highest BCUT2D eigenvalue weighted by Gasteiger charge is 2.18. The summed E-state index contributed by atoms with van der Waals surface area (Å²) < 4.78 is 0. The van der Waals surface area contributed by atoms with Crippen molar-refractivity contribution in [3.8, 4) is 0 Å². The number of nitrogens with zero attached hydrogens (tertiary/aromatic N) is 5. The molecule has 2 rings (SSSR count). The normalized spacial score (nSPS) is 15.8. The molecule has 0 atom stereocenters. The van der Waals surface area contributed by atoms with Gasteiger partial charge in [0.1, 0.15) is 0 Å². The molecule has 7 nitrogen and oxygen atoms in total. The van der Waals surface area contributed by atoms with Gasteiger partial charge in [0.15, 0.2) is 5.96 Å². The van der Waals surface area contributed by atoms with Crippen LogP contribution >= 0.6 is 24.0 Å². The molecule has 1 saturated heterocycles. The third-order valence-corrected chi connectivity index (χ3v) is 3.88. The number of halogens is 1. The Morgan fingerprint density at radius 2 is 1.88 bits per heavy atom. The van der Waals surface area contributed by atoms with E-state index in [4.69, 9.17) is 0 Å². The Bertz CT molecular complexity index is 487. The molecule has 0 saturated carbocycles. The second-order valence-corrected chi connectivity index (χ2v) is 6.29. The number of rotatable bonds is 7. The summed E-state index contributed by atoms with van der Waals surface area (Å²) in [6.07, 6.45) is 4.69. The summed E-state index contributed by atoms with van der Waals surface area (Å²) in [7, 11) is 0. The molecule has 1 aliphatic heterocycles. The first-order valence-corrected chi connectivity index (χ1v) is 8.98. The molecule has 8 heteroatoms. The van der Waals surface area contributed by atoms with E-state index >= 15 is 0 Å². The zero-order chi connectivity index (χ0) is 17.2. The van der Waals surface area contributed by atoms with E-state index in [1.807, 2.05) is 6.07 Å². The van der Waals surface area contributed by atoms with Gasteiger partial charge in [0.2, 0.25) is 5.95 Å². The molecule has 1 aliphatic rings. The van der Waals surface area contributed by atoms with Gasteiger partial charge in [-0.05, 0) is 33.3 Å². The lowest BCUT2D eigenvalue weighted by molar-refractivity contribution is 0.255. The first kappa shape index (κ1) is 21.9. The predicted molar refractivity (Wildman–Crippen MR) is 115 cm³/mol. The van der Waals surface area contributed by atoms with Crippen LogP contribution < -0.4 is 15.5 Å². The van der Waals surface area contributed by atoms with Crippen LogP contribution in [0.5, 0.6) is 0 Å². The first-order valence-electron chi connectivity index (χ1n) is 8.98. The van der Waals surface area contributed by atoms with Crippen LogP contribution in [0, 0.1) is 0 Å². The van der Waals surface area contributed by atoms with Crippen LogP contribution in [0.2, 0.25) is 0 Å². The molecule has 0 spiro atoms. The number of nitrogens with one attached hydrogen (secondary N) is 2. The largest absolute Gasteiger partial charge is 0.357 e. The van der Waals surface area contributed by atoms with E-state index in [-0.39, 0.29) is 24.0 Å². The smallest absolute Gasteiger partial charge is 0.225 e. The number of hydrogen-bond donors (Lipinski definition) is 2. The van der Waals surface area contributed by atoms with Gasteiger partial charge in [0.05, 0.1) is 0 Å². The molecule has 1 fully saturated rings. The summed E-state index contributed by atoms with van der Waals surface area (Å²) in [6.45, 7) is 13.3. The molecule has 2 N–H and O–H groups in total. The van der Waals surface area contributed by atoms with Crippen molar-refractivity contribution in [3.63, 3.8) is 0 Å². The van der Waals surface area contributed by atoms with E-state index in [1.54, 1.807) is 12.4 Å². The Kier molecular flexibility index (Phi) is 10.7. The van der Waals surface area contributed by atoms with Gasteiger partial charge in [0, 0.05) is 64.2 Å². The minimum absolute atomic E-state index is 0. The van der Waals surface area contributed by atoms with Crippen LogP contribution in [0.1, 0.15) is 27.2 Å². The van der Waals surface area contributed by atoms with Crippen LogP contribution in [0.4, 0.5) is 5.95 Å². The minimum atomic E-state index is 0. The summed E-state index contributed by atoms with van der Waals surface area (Å²) >= 11 is 0. The SMILES string of the molecule is CCNC(=NCCCN1CCN(c2ncccn2)CC1)NC(C)C.I. The predicted octanol–water partition coefficient (Wildman–Crippen LogP) is 1.57. The van der Waals surface area contributed by atoms with Crippen molar-refractivity contribution < 1.29 is 0 Å². The fourth-order valence-corrected chi connectivity index (χ4v) is 2.70. The summed E-state index contributed by atoms with van der Waals surface area (Å²) in [4.78, 5) is 18.0. The number of anilines is 1. The zero-order valence-corrected chi connectivity index (χ0v) is 17.9. The van der Waals surface area contributed by atoms with Crippen LogP contribution in [0.25, 0.3) is 0 Å². The zero-order valence-electron chi connectivity index (χ0n) is 15.6. The third kappa shape index (κ3) is 8.17. The maximum atomic E-state index is 4.64. The fraction of sp³-hybridized carbons (Fsp3) is 0.706. The van der Waals surface area contributed by atoms with Crippen molar-refractivity contribution in [2.24, 2.45) is 4.99 Å². The van der Waals surface area contributed by atoms with E-state index < -0.39 is 0 Å². The first-order chi connectivity index (χ1) is 11.7. The van der Waals surface area contributed by atoms with Gasteiger partial charge in [-0.1, -0.05) is 0 Å². The summed E-state index contributed by atoms with van der Waals surface area (Å²) in [5.74, 6) is 1.76. The van der Waals surface area contributed by atoms with Gasteiger partial charge in [0.25, 0.3) is 0 Å². The highest BCUT2D eigenvalue weighted by atomic mass is 127. The Labute approximate surface area is 168 Å². The molecule has 0 amide bonds. The number of aromatic nitrogens is 2. The van der Waals surface area contributed by atoms with E-state index in [9.17, 15) is 0 Å². The lowest BCUT2D eigenvalue weighted by atomic mass is 10.3. The third-order valence-electron chi connectivity index (χ3n) is 3.88. The molecule has 0 aromatic carbocycles. The second-order valence-electron chi connectivity index (χ2n) is 6.29. The van der Waals surface area contributed by atoms with Crippen LogP contribution in [0.15, 0.2) is 23.5 Å². The Hall–Kier alpha value is -1.16. The Morgan fingerprint density at radius 3 is 2.48 bits per heavy atom. The summed E-state index contributed by atoms with van der Waals surface area (Å²) in [5.41, 5.74) is 0. The van der Waals surface area contributed by atoms with Gasteiger partial charge in [-0.2, -0.15) is 0 Å². The number of piperazine rings is 1. The van der Waals surface area contributed by atoms with E-state index in [0.717, 1.165) is 64.1 Å². The molecule has 2 heterocycles. The van der Waals surface area contributed by atoms with E-state index in [2.05, 4.69) is 56.2 Å². The fourth-order valence-electron chi connectivity index (χ4n) is 2.70. The average Bonchev–Trinajstić information content (AvgIpc) is 2.60. The van der Waals surface area contributed by atoms with Crippen LogP contribution in [0.3, 0.4) is 0 Å². The topological polar surface area (TPSA) is 68.7 Å². The lowest BCUT2D eigenvalue weighted by Crippen LogP contribution is -2.47. The van der Waals surface area contributed by atoms with Crippen molar-refractivity contribution >= 4 is 35.9 Å². The maximum Gasteiger partial charge on any atom is 0.225 e. The highest BCUT2D eigenvalue weighted by molar-refractivity contribution is 14.0. The lowest BCUT2D eigenvalue weighted by Gasteiger charge is -2.34. The Morgan fingerprint density at radius 1 is 1.20 bits per heavy atom. The maximum absolute atomic E-state index is 4.64. The summed E-state index contributed by atoms with van der Waals surface area (Å²) in [5, 5.41) is 6.63. The van der Waals surface area contributed by atoms with Gasteiger partial charge in [-0.25, -0.2) is 9.97 Å². The highest BCUT2D eigenvalue weighted by Crippen LogP contribution is 2.09. The van der Waals surface area contributed by atoms with Crippen molar-refractivity contribution in [2.45, 2.75) is 33.2 Å². The van der Waals surface area contributed by atoms with Crippen molar-refractivity contribution in [2.75, 3.05) is 50.7 Å². The molecule has 0 aliphatic carbocycles. The standard InChI is InChI=1S/C17H31N7.HI/c1-4-18-16(22-15(2)3)19-9-6-10-23-11-13-24(14-12-23)17-20-7-5-8-21-17;/h5,7-8,15H,4,6,9-14H2,1-3H3,(H2,18,19,22);1H. The van der Waals surface area contributed by atoms with Gasteiger partial charge >= 0.3 is 0 Å². The van der Waals surface area contributed by atoms with Crippen LogP contribution in [-0.4, -0.2) is 72.7 Å². The molecule has 0 unspecified atom stereocenters. The number of guanidine groups is 1. The van der Waals surface area contributed by atoms with Crippen molar-refractivity contribution in [3.05, 3.63) is 18.5 Å². The van der Waals surface area contributed by atoms with Crippen molar-refractivity contribution in [1.82, 2.24) is 25.5 Å². The monoisotopic (exact) mass is 461 g/mol. The number of hydrogen-bond acceptors (Lipinski definition) is 5. The molecule has 1 aromatic rings. The van der Waals surface area contributed by atoms with Gasteiger partial charge < -0.3 is 15.5 Å². The van der Waals surface area contributed by atoms with Gasteiger partial charge in [-0.15, -0.1) is 24.0 Å². The minimum Gasteiger partial charge on any atom is -0.357 e. The van der Waals surface area contributed by atoms with E-state index in [1.165, 1.54) is 0 Å². The molecule has 0 radical (unpaired) electrons. The molecule has 25 heavy (non-hydrogen) atoms. The average molecular weight is 461 g/mol. The quantitative estimate of drug-likeness (QED) is 0.278. The molecule has 0 bridgehead atoms. The molecular weight excluding hydrogens is 429 g/mol. The van der Waals surface area contributed by atoms with Gasteiger partial charge in [-0.3, -0.25) is 9.89 Å².